The Labute approximate surface area is 174 Å². The lowest BCUT2D eigenvalue weighted by Gasteiger charge is -2.14. The number of nitrogens with one attached hydrogen (secondary N) is 1. The molecule has 7 heteroatoms. The van der Waals surface area contributed by atoms with E-state index in [1.54, 1.807) is 39.7 Å². The van der Waals surface area contributed by atoms with Crippen molar-refractivity contribution in [1.82, 2.24) is 4.98 Å². The Morgan fingerprint density at radius 2 is 1.72 bits per heavy atom. The number of aryl methyl sites for hydroxylation is 1. The van der Waals surface area contributed by atoms with Crippen LogP contribution < -0.4 is 19.5 Å². The van der Waals surface area contributed by atoms with E-state index in [0.29, 0.717) is 33.5 Å². The molecule has 0 amide bonds. The average molecular weight is 407 g/mol. The molecule has 3 rings (SSSR count). The molecular weight excluding hydrogens is 386 g/mol. The highest BCUT2D eigenvalue weighted by atomic mass is 32.1. The van der Waals surface area contributed by atoms with Gasteiger partial charge in [0.05, 0.1) is 27.0 Å². The second-order valence-electron chi connectivity index (χ2n) is 6.13. The summed E-state index contributed by atoms with van der Waals surface area (Å²) in [6.07, 6.45) is 1.62. The van der Waals surface area contributed by atoms with Crippen LogP contribution in [-0.4, -0.2) is 26.3 Å². The van der Waals surface area contributed by atoms with Crippen molar-refractivity contribution < 1.29 is 14.2 Å². The van der Waals surface area contributed by atoms with Crippen LogP contribution in [0.2, 0.25) is 0 Å². The fourth-order valence-electron chi connectivity index (χ4n) is 2.72. The Bertz CT molecular complexity index is 1040. The summed E-state index contributed by atoms with van der Waals surface area (Å²) in [6.45, 7) is 2.04. The van der Waals surface area contributed by atoms with Gasteiger partial charge in [-0.2, -0.15) is 5.26 Å². The van der Waals surface area contributed by atoms with E-state index >= 15 is 0 Å². The molecule has 3 aromatic rings. The first-order chi connectivity index (χ1) is 14.1. The highest BCUT2D eigenvalue weighted by Gasteiger charge is 2.13. The minimum atomic E-state index is 0.433. The van der Waals surface area contributed by atoms with Crippen LogP contribution in [0.25, 0.3) is 16.8 Å². The van der Waals surface area contributed by atoms with Gasteiger partial charge in [0.2, 0.25) is 5.75 Å². The maximum Gasteiger partial charge on any atom is 0.203 e. The molecule has 0 saturated carbocycles. The summed E-state index contributed by atoms with van der Waals surface area (Å²) in [6, 6.07) is 13.9. The van der Waals surface area contributed by atoms with Crippen molar-refractivity contribution in [3.63, 3.8) is 0 Å². The summed E-state index contributed by atoms with van der Waals surface area (Å²) in [5, 5.41) is 15.3. The molecule has 0 spiro atoms. The Kier molecular flexibility index (Phi) is 6.37. The van der Waals surface area contributed by atoms with E-state index in [1.165, 1.54) is 16.9 Å². The van der Waals surface area contributed by atoms with Crippen molar-refractivity contribution in [2.24, 2.45) is 0 Å². The molecule has 0 atom stereocenters. The largest absolute Gasteiger partial charge is 0.493 e. The fourth-order valence-corrected chi connectivity index (χ4v) is 3.51. The van der Waals surface area contributed by atoms with E-state index in [4.69, 9.17) is 14.2 Å². The number of allylic oxidation sites excluding steroid dienone is 1. The lowest BCUT2D eigenvalue weighted by atomic mass is 10.1. The predicted molar refractivity (Wildman–Crippen MR) is 116 cm³/mol. The topological polar surface area (TPSA) is 76.4 Å². The van der Waals surface area contributed by atoms with Crippen LogP contribution in [-0.2, 0) is 0 Å². The van der Waals surface area contributed by atoms with Crippen molar-refractivity contribution in [3.05, 3.63) is 58.5 Å². The quantitative estimate of drug-likeness (QED) is 0.548. The highest BCUT2D eigenvalue weighted by Crippen LogP contribution is 2.40. The first kappa shape index (κ1) is 20.2. The zero-order chi connectivity index (χ0) is 20.8. The smallest absolute Gasteiger partial charge is 0.203 e. The third kappa shape index (κ3) is 4.50. The Balaban J connectivity index is 1.86. The highest BCUT2D eigenvalue weighted by molar-refractivity contribution is 7.11. The fraction of sp³-hybridized carbons (Fsp3) is 0.182. The maximum atomic E-state index is 9.60. The van der Waals surface area contributed by atoms with Gasteiger partial charge in [-0.15, -0.1) is 11.3 Å². The number of nitrogens with zero attached hydrogens (tertiary/aromatic N) is 2. The molecule has 0 aliphatic heterocycles. The molecule has 0 bridgehead atoms. The number of hydrogen-bond acceptors (Lipinski definition) is 7. The van der Waals surface area contributed by atoms with E-state index < -0.39 is 0 Å². The predicted octanol–water partition coefficient (Wildman–Crippen LogP) is 5.12. The van der Waals surface area contributed by atoms with E-state index in [0.717, 1.165) is 11.3 Å². The number of benzene rings is 2. The van der Waals surface area contributed by atoms with Gasteiger partial charge in [0, 0.05) is 35.0 Å². The number of anilines is 1. The van der Waals surface area contributed by atoms with Gasteiger partial charge in [-0.25, -0.2) is 4.98 Å². The molecule has 1 N–H and O–H groups in total. The minimum absolute atomic E-state index is 0.433. The molecule has 1 aromatic heterocycles. The van der Waals surface area contributed by atoms with Gasteiger partial charge < -0.3 is 19.5 Å². The third-order valence-corrected chi connectivity index (χ3v) is 5.13. The molecule has 148 valence electrons. The van der Waals surface area contributed by atoms with E-state index in [9.17, 15) is 5.26 Å². The van der Waals surface area contributed by atoms with Gasteiger partial charge >= 0.3 is 0 Å². The van der Waals surface area contributed by atoms with Gasteiger partial charge in [0.15, 0.2) is 11.5 Å². The number of nitriles is 1. The van der Waals surface area contributed by atoms with Crippen LogP contribution in [0.15, 0.2) is 48.0 Å². The van der Waals surface area contributed by atoms with E-state index in [2.05, 4.69) is 16.4 Å². The number of thiazole rings is 1. The van der Waals surface area contributed by atoms with E-state index in [-0.39, 0.29) is 0 Å². The van der Waals surface area contributed by atoms with Gasteiger partial charge in [-0.1, -0.05) is 29.8 Å². The standard InChI is InChI=1S/C22H21N3O3S/c1-14-5-7-15(8-6-14)18-13-29-22(25-18)16(11-23)12-24-17-9-19(26-2)21(28-4)20(10-17)27-3/h5-10,12-13,24H,1-4H3/b16-12-. The first-order valence-electron chi connectivity index (χ1n) is 8.79. The molecule has 29 heavy (non-hydrogen) atoms. The van der Waals surface area contributed by atoms with Crippen LogP contribution in [0.5, 0.6) is 17.2 Å². The van der Waals surface area contributed by atoms with Gasteiger partial charge in [-0.3, -0.25) is 0 Å². The lowest BCUT2D eigenvalue weighted by Crippen LogP contribution is -1.98. The minimum Gasteiger partial charge on any atom is -0.493 e. The molecule has 6 nitrogen and oxygen atoms in total. The summed E-state index contributed by atoms with van der Waals surface area (Å²) >= 11 is 1.43. The SMILES string of the molecule is COc1cc(N/C=C(/C#N)c2nc(-c3ccc(C)cc3)cs2)cc(OC)c1OC. The van der Waals surface area contributed by atoms with Crippen LogP contribution >= 0.6 is 11.3 Å². The molecule has 0 saturated heterocycles. The second-order valence-corrected chi connectivity index (χ2v) is 6.99. The van der Waals surface area contributed by atoms with Crippen LogP contribution in [0.3, 0.4) is 0 Å². The molecule has 0 aliphatic rings. The van der Waals surface area contributed by atoms with E-state index in [1.807, 2.05) is 36.6 Å². The monoisotopic (exact) mass is 407 g/mol. The normalized spacial score (nSPS) is 10.9. The van der Waals surface area contributed by atoms with Crippen molar-refractivity contribution in [3.8, 4) is 34.6 Å². The molecule has 0 radical (unpaired) electrons. The summed E-state index contributed by atoms with van der Waals surface area (Å²) in [5.41, 5.74) is 4.19. The summed E-state index contributed by atoms with van der Waals surface area (Å²) < 4.78 is 16.0. The molecule has 1 heterocycles. The van der Waals surface area contributed by atoms with Gasteiger partial charge in [0.1, 0.15) is 16.6 Å². The number of ether oxygens (including phenoxy) is 3. The van der Waals surface area contributed by atoms with Gasteiger partial charge in [-0.05, 0) is 6.92 Å². The van der Waals surface area contributed by atoms with Crippen LogP contribution in [0, 0.1) is 18.3 Å². The second kappa shape index (κ2) is 9.13. The van der Waals surface area contributed by atoms with Crippen molar-refractivity contribution in [2.75, 3.05) is 26.6 Å². The molecule has 2 aromatic carbocycles. The summed E-state index contributed by atoms with van der Waals surface area (Å²) in [4.78, 5) is 4.61. The third-order valence-electron chi connectivity index (χ3n) is 4.25. The number of aromatic nitrogens is 1. The van der Waals surface area contributed by atoms with Crippen LogP contribution in [0.1, 0.15) is 10.6 Å². The van der Waals surface area contributed by atoms with Crippen molar-refractivity contribution in [1.29, 1.82) is 5.26 Å². The number of hydrogen-bond donors (Lipinski definition) is 1. The first-order valence-corrected chi connectivity index (χ1v) is 9.67. The lowest BCUT2D eigenvalue weighted by molar-refractivity contribution is 0.324. The molecule has 0 aliphatic carbocycles. The van der Waals surface area contributed by atoms with Gasteiger partial charge in [0.25, 0.3) is 0 Å². The Morgan fingerprint density at radius 3 is 2.28 bits per heavy atom. The maximum absolute atomic E-state index is 9.60. The molecular formula is C22H21N3O3S. The molecule has 0 unspecified atom stereocenters. The Hall–Kier alpha value is -3.50. The number of methoxy groups -OCH3 is 3. The van der Waals surface area contributed by atoms with Crippen molar-refractivity contribution in [2.45, 2.75) is 6.92 Å². The zero-order valence-electron chi connectivity index (χ0n) is 16.6. The Morgan fingerprint density at radius 1 is 1.07 bits per heavy atom. The molecule has 0 fully saturated rings. The summed E-state index contributed by atoms with van der Waals surface area (Å²) in [7, 11) is 4.66. The number of rotatable bonds is 7. The summed E-state index contributed by atoms with van der Waals surface area (Å²) in [5.74, 6) is 1.56. The zero-order valence-corrected chi connectivity index (χ0v) is 17.5. The average Bonchev–Trinajstić information content (AvgIpc) is 3.23. The van der Waals surface area contributed by atoms with Crippen LogP contribution in [0.4, 0.5) is 5.69 Å². The van der Waals surface area contributed by atoms with Crippen molar-refractivity contribution >= 4 is 22.6 Å².